The molecule has 2 amide bonds. The monoisotopic (exact) mass is 558 g/mol. The number of fused-ring (bicyclic) bond motifs is 1. The molecular formula is C28H22ClF3N2O5. The molecule has 7 nitrogen and oxygen atoms in total. The molecule has 0 bridgehead atoms. The zero-order chi connectivity index (χ0) is 27.9. The summed E-state index contributed by atoms with van der Waals surface area (Å²) in [5.41, 5.74) is 1.21. The van der Waals surface area contributed by atoms with E-state index in [2.05, 4.69) is 10.1 Å². The van der Waals surface area contributed by atoms with Gasteiger partial charge in [-0.2, -0.15) is 0 Å². The van der Waals surface area contributed by atoms with Crippen molar-refractivity contribution in [2.45, 2.75) is 38.8 Å². The number of ether oxygens (including phenoxy) is 3. The van der Waals surface area contributed by atoms with Crippen molar-refractivity contribution in [1.82, 2.24) is 9.88 Å². The standard InChI is InChI=1S/C28H22ClF3N2O5/c1-16-24(37-20-9-7-19(29)8-10-20)22-12-11-21(38-28(30,31)32)13-23(22)34(16)15-18-6-4-3-5-17(18)14-27(2)25(35)33-26(36)39-27/h3-13H,14-15H2,1-2H3,(H,33,35,36). The van der Waals surface area contributed by atoms with Gasteiger partial charge in [0.05, 0.1) is 11.2 Å². The summed E-state index contributed by atoms with van der Waals surface area (Å²) < 4.78 is 56.4. The Hall–Kier alpha value is -4.18. The third-order valence-corrected chi connectivity index (χ3v) is 6.75. The molecule has 0 spiro atoms. The fraction of sp³-hybridized carbons (Fsp3) is 0.214. The van der Waals surface area contributed by atoms with Crippen LogP contribution < -0.4 is 14.8 Å². The lowest BCUT2D eigenvalue weighted by Crippen LogP contribution is -2.38. The number of nitrogens with zero attached hydrogens (tertiary/aromatic N) is 1. The minimum absolute atomic E-state index is 0.107. The second-order valence-corrected chi connectivity index (χ2v) is 9.74. The number of cyclic esters (lactones) is 1. The van der Waals surface area contributed by atoms with Gasteiger partial charge in [-0.15, -0.1) is 13.2 Å². The van der Waals surface area contributed by atoms with E-state index in [-0.39, 0.29) is 18.7 Å². The zero-order valence-corrected chi connectivity index (χ0v) is 21.5. The summed E-state index contributed by atoms with van der Waals surface area (Å²) >= 11 is 5.99. The van der Waals surface area contributed by atoms with Crippen molar-refractivity contribution < 1.29 is 37.0 Å². The van der Waals surface area contributed by atoms with Crippen LogP contribution in [0.5, 0.6) is 17.2 Å². The lowest BCUT2D eigenvalue weighted by molar-refractivity contribution is -0.274. The highest BCUT2D eigenvalue weighted by Crippen LogP contribution is 2.39. The fourth-order valence-electron chi connectivity index (χ4n) is 4.61. The second-order valence-electron chi connectivity index (χ2n) is 9.30. The van der Waals surface area contributed by atoms with Crippen LogP contribution in [0.4, 0.5) is 18.0 Å². The molecule has 1 aliphatic heterocycles. The van der Waals surface area contributed by atoms with Crippen LogP contribution >= 0.6 is 11.6 Å². The number of hydrogen-bond donors (Lipinski definition) is 1. The van der Waals surface area contributed by atoms with Gasteiger partial charge in [-0.05, 0) is 61.4 Å². The average molecular weight is 559 g/mol. The van der Waals surface area contributed by atoms with Crippen molar-refractivity contribution in [3.05, 3.63) is 88.6 Å². The van der Waals surface area contributed by atoms with Crippen LogP contribution in [0.15, 0.2) is 66.7 Å². The van der Waals surface area contributed by atoms with E-state index in [9.17, 15) is 22.8 Å². The number of amides is 2. The van der Waals surface area contributed by atoms with Crippen molar-refractivity contribution in [2.75, 3.05) is 0 Å². The first-order valence-electron chi connectivity index (χ1n) is 11.8. The number of nitrogens with one attached hydrogen (secondary N) is 1. The van der Waals surface area contributed by atoms with Crippen LogP contribution in [0, 0.1) is 6.92 Å². The number of benzene rings is 3. The van der Waals surface area contributed by atoms with Crippen molar-refractivity contribution in [3.63, 3.8) is 0 Å². The van der Waals surface area contributed by atoms with Crippen molar-refractivity contribution in [2.24, 2.45) is 0 Å². The molecule has 202 valence electrons. The molecule has 1 aromatic heterocycles. The average Bonchev–Trinajstić information content (AvgIpc) is 3.26. The number of hydrogen-bond acceptors (Lipinski definition) is 5. The number of imide groups is 1. The van der Waals surface area contributed by atoms with E-state index >= 15 is 0 Å². The van der Waals surface area contributed by atoms with Gasteiger partial charge < -0.3 is 18.8 Å². The smallest absolute Gasteiger partial charge is 0.455 e. The number of rotatable bonds is 7. The SMILES string of the molecule is Cc1c(Oc2ccc(Cl)cc2)c2ccc(OC(F)(F)F)cc2n1Cc1ccccc1CC1(C)OC(=O)NC1=O. The summed E-state index contributed by atoms with van der Waals surface area (Å²) in [4.78, 5) is 24.0. The van der Waals surface area contributed by atoms with E-state index in [0.717, 1.165) is 11.1 Å². The molecular weight excluding hydrogens is 537 g/mol. The van der Waals surface area contributed by atoms with Gasteiger partial charge in [-0.3, -0.25) is 10.1 Å². The summed E-state index contributed by atoms with van der Waals surface area (Å²) in [6.07, 6.45) is -5.56. The van der Waals surface area contributed by atoms with E-state index in [1.54, 1.807) is 37.3 Å². The Balaban J connectivity index is 1.58. The quantitative estimate of drug-likeness (QED) is 0.267. The molecule has 1 unspecified atom stereocenters. The van der Waals surface area contributed by atoms with E-state index in [1.165, 1.54) is 25.1 Å². The van der Waals surface area contributed by atoms with Gasteiger partial charge in [0.15, 0.2) is 11.4 Å². The molecule has 0 saturated carbocycles. The van der Waals surface area contributed by atoms with Crippen LogP contribution in [0.1, 0.15) is 23.7 Å². The molecule has 1 N–H and O–H groups in total. The highest BCUT2D eigenvalue weighted by atomic mass is 35.5. The molecule has 39 heavy (non-hydrogen) atoms. The van der Waals surface area contributed by atoms with E-state index in [0.29, 0.717) is 33.1 Å². The van der Waals surface area contributed by atoms with Gasteiger partial charge >= 0.3 is 12.5 Å². The van der Waals surface area contributed by atoms with Gasteiger partial charge in [0, 0.05) is 29.4 Å². The molecule has 4 aromatic rings. The van der Waals surface area contributed by atoms with Crippen LogP contribution in [0.2, 0.25) is 5.02 Å². The minimum atomic E-state index is -4.86. The topological polar surface area (TPSA) is 78.8 Å². The Labute approximate surface area is 226 Å². The summed E-state index contributed by atoms with van der Waals surface area (Å²) in [5, 5.41) is 3.25. The second kappa shape index (κ2) is 9.85. The Bertz CT molecular complexity index is 1580. The summed E-state index contributed by atoms with van der Waals surface area (Å²) in [6, 6.07) is 18.0. The zero-order valence-electron chi connectivity index (χ0n) is 20.8. The molecule has 1 saturated heterocycles. The number of alkyl halides is 3. The molecule has 5 rings (SSSR count). The first-order chi connectivity index (χ1) is 18.4. The van der Waals surface area contributed by atoms with E-state index in [4.69, 9.17) is 21.1 Å². The number of halogens is 4. The molecule has 1 atom stereocenters. The van der Waals surface area contributed by atoms with Gasteiger partial charge in [0.1, 0.15) is 11.5 Å². The maximum absolute atomic E-state index is 13.0. The van der Waals surface area contributed by atoms with Crippen LogP contribution in [0.3, 0.4) is 0 Å². The fourth-order valence-corrected chi connectivity index (χ4v) is 4.74. The van der Waals surface area contributed by atoms with Crippen LogP contribution in [-0.4, -0.2) is 28.5 Å². The van der Waals surface area contributed by atoms with Crippen molar-refractivity contribution >= 4 is 34.5 Å². The Kier molecular flexibility index (Phi) is 6.67. The first-order valence-corrected chi connectivity index (χ1v) is 12.2. The summed E-state index contributed by atoms with van der Waals surface area (Å²) in [5.74, 6) is 0.0404. The largest absolute Gasteiger partial charge is 0.573 e. The highest BCUT2D eigenvalue weighted by molar-refractivity contribution is 6.30. The number of carbonyl (C=O) groups excluding carboxylic acids is 2. The number of alkyl carbamates (subject to hydrolysis) is 1. The lowest BCUT2D eigenvalue weighted by Gasteiger charge is -2.21. The molecule has 3 aromatic carbocycles. The number of aromatic nitrogens is 1. The molecule has 2 heterocycles. The van der Waals surface area contributed by atoms with Gasteiger partial charge in [-0.1, -0.05) is 35.9 Å². The van der Waals surface area contributed by atoms with Crippen molar-refractivity contribution in [1.29, 1.82) is 0 Å². The molecule has 1 aliphatic rings. The third-order valence-electron chi connectivity index (χ3n) is 6.49. The third kappa shape index (κ3) is 5.51. The normalized spacial score (nSPS) is 17.3. The van der Waals surface area contributed by atoms with E-state index in [1.807, 2.05) is 22.8 Å². The Morgan fingerprint density at radius 2 is 1.67 bits per heavy atom. The molecule has 1 fully saturated rings. The van der Waals surface area contributed by atoms with Gasteiger partial charge in [0.2, 0.25) is 0 Å². The predicted octanol–water partition coefficient (Wildman–Crippen LogP) is 6.91. The Morgan fingerprint density at radius 1 is 1.00 bits per heavy atom. The van der Waals surface area contributed by atoms with Crippen molar-refractivity contribution in [3.8, 4) is 17.2 Å². The predicted molar refractivity (Wildman–Crippen MR) is 137 cm³/mol. The van der Waals surface area contributed by atoms with Gasteiger partial charge in [-0.25, -0.2) is 4.79 Å². The number of carbonyl (C=O) groups is 2. The van der Waals surface area contributed by atoms with Crippen LogP contribution in [0.25, 0.3) is 10.9 Å². The maximum atomic E-state index is 13.0. The van der Waals surface area contributed by atoms with E-state index < -0.39 is 24.0 Å². The lowest BCUT2D eigenvalue weighted by atomic mass is 9.92. The molecule has 0 aliphatic carbocycles. The van der Waals surface area contributed by atoms with Crippen LogP contribution in [-0.2, 0) is 22.5 Å². The summed E-state index contributed by atoms with van der Waals surface area (Å²) in [7, 11) is 0. The molecule has 11 heteroatoms. The Morgan fingerprint density at radius 3 is 2.31 bits per heavy atom. The minimum Gasteiger partial charge on any atom is -0.455 e. The molecule has 0 radical (unpaired) electrons. The summed E-state index contributed by atoms with van der Waals surface area (Å²) in [6.45, 7) is 3.55. The highest BCUT2D eigenvalue weighted by Gasteiger charge is 2.45. The maximum Gasteiger partial charge on any atom is 0.573 e. The van der Waals surface area contributed by atoms with Gasteiger partial charge in [0.25, 0.3) is 5.91 Å². The first kappa shape index (κ1) is 26.4.